The van der Waals surface area contributed by atoms with E-state index in [1.165, 1.54) is 5.56 Å². The third-order valence-electron chi connectivity index (χ3n) is 6.08. The lowest BCUT2D eigenvalue weighted by Gasteiger charge is -2.48. The second kappa shape index (κ2) is 7.57. The van der Waals surface area contributed by atoms with Crippen molar-refractivity contribution in [1.29, 1.82) is 0 Å². The second-order valence-corrected chi connectivity index (χ2v) is 7.89. The molecule has 0 saturated carbocycles. The van der Waals surface area contributed by atoms with Crippen molar-refractivity contribution in [3.63, 3.8) is 0 Å². The number of carbonyl (C=O) groups excluding carboxylic acids is 1. The van der Waals surface area contributed by atoms with Gasteiger partial charge in [-0.15, -0.1) is 0 Å². The van der Waals surface area contributed by atoms with Crippen LogP contribution in [0.4, 0.5) is 0 Å². The molecule has 5 heteroatoms. The Kier molecular flexibility index (Phi) is 4.79. The number of carbonyl (C=O) groups is 1. The maximum atomic E-state index is 13.2. The Morgan fingerprint density at radius 2 is 1.64 bits per heavy atom. The second-order valence-electron chi connectivity index (χ2n) is 7.89. The van der Waals surface area contributed by atoms with Gasteiger partial charge < -0.3 is 14.2 Å². The van der Waals surface area contributed by atoms with E-state index < -0.39 is 0 Å². The number of nitrogens with zero attached hydrogens (tertiary/aromatic N) is 1. The number of ketones is 1. The zero-order valence-electron chi connectivity index (χ0n) is 15.9. The molecule has 2 aromatic rings. The predicted octanol–water partition coefficient (Wildman–Crippen LogP) is 3.32. The van der Waals surface area contributed by atoms with Crippen molar-refractivity contribution in [2.75, 3.05) is 26.4 Å². The van der Waals surface area contributed by atoms with Crippen molar-refractivity contribution in [3.8, 4) is 11.5 Å². The number of fused-ring (bicyclic) bond motifs is 3. The Labute approximate surface area is 165 Å². The molecule has 2 fully saturated rings. The van der Waals surface area contributed by atoms with Gasteiger partial charge >= 0.3 is 0 Å². The Balaban J connectivity index is 1.32. The molecule has 28 heavy (non-hydrogen) atoms. The van der Waals surface area contributed by atoms with E-state index in [9.17, 15) is 4.79 Å². The molecule has 2 atom stereocenters. The quantitative estimate of drug-likeness (QED) is 0.763. The van der Waals surface area contributed by atoms with Gasteiger partial charge in [0.2, 0.25) is 0 Å². The molecule has 3 aliphatic heterocycles. The van der Waals surface area contributed by atoms with Crippen LogP contribution in [0.25, 0.3) is 0 Å². The van der Waals surface area contributed by atoms with Gasteiger partial charge in [0.1, 0.15) is 13.2 Å². The van der Waals surface area contributed by atoms with Gasteiger partial charge in [0.15, 0.2) is 17.3 Å². The third-order valence-corrected chi connectivity index (χ3v) is 6.08. The maximum absolute atomic E-state index is 13.2. The minimum atomic E-state index is 0.0356. The Morgan fingerprint density at radius 1 is 0.929 bits per heavy atom. The first-order valence-corrected chi connectivity index (χ1v) is 10.1. The summed E-state index contributed by atoms with van der Waals surface area (Å²) in [6.07, 6.45) is 1.69. The summed E-state index contributed by atoms with van der Waals surface area (Å²) >= 11 is 0. The minimum absolute atomic E-state index is 0.0356. The Morgan fingerprint density at radius 3 is 2.39 bits per heavy atom. The van der Waals surface area contributed by atoms with Crippen LogP contribution in [-0.2, 0) is 11.3 Å². The number of hydrogen-bond acceptors (Lipinski definition) is 5. The highest BCUT2D eigenvalue weighted by Crippen LogP contribution is 2.36. The molecule has 5 rings (SSSR count). The van der Waals surface area contributed by atoms with Crippen LogP contribution in [0.5, 0.6) is 11.5 Å². The van der Waals surface area contributed by atoms with Gasteiger partial charge in [-0.25, -0.2) is 0 Å². The molecule has 0 aliphatic carbocycles. The van der Waals surface area contributed by atoms with Crippen molar-refractivity contribution in [1.82, 2.24) is 4.90 Å². The predicted molar refractivity (Wildman–Crippen MR) is 105 cm³/mol. The molecule has 0 radical (unpaired) electrons. The molecule has 3 heterocycles. The van der Waals surface area contributed by atoms with Gasteiger partial charge in [0.25, 0.3) is 0 Å². The number of rotatable bonds is 4. The first kappa shape index (κ1) is 17.7. The van der Waals surface area contributed by atoms with E-state index in [2.05, 4.69) is 29.2 Å². The summed E-state index contributed by atoms with van der Waals surface area (Å²) in [5, 5.41) is 0. The molecule has 0 spiro atoms. The summed E-state index contributed by atoms with van der Waals surface area (Å²) < 4.78 is 17.1. The summed E-state index contributed by atoms with van der Waals surface area (Å²) in [5.41, 5.74) is 2.04. The molecule has 0 N–H and O–H groups in total. The van der Waals surface area contributed by atoms with Crippen LogP contribution < -0.4 is 9.47 Å². The van der Waals surface area contributed by atoms with Gasteiger partial charge in [-0.2, -0.15) is 0 Å². The fraction of sp³-hybridized carbons (Fsp3) is 0.435. The topological polar surface area (TPSA) is 48.0 Å². The molecule has 0 aromatic heterocycles. The fourth-order valence-electron chi connectivity index (χ4n) is 4.69. The summed E-state index contributed by atoms with van der Waals surface area (Å²) in [4.78, 5) is 15.8. The number of hydrogen-bond donors (Lipinski definition) is 0. The van der Waals surface area contributed by atoms with E-state index in [4.69, 9.17) is 14.2 Å². The SMILES string of the molecule is O=C(c1ccc2c(c1)OCCO2)C1CC2COCC(C1)N2Cc1ccccc1. The molecule has 2 unspecified atom stereocenters. The van der Waals surface area contributed by atoms with Gasteiger partial charge in [0.05, 0.1) is 13.2 Å². The van der Waals surface area contributed by atoms with Crippen LogP contribution in [0.3, 0.4) is 0 Å². The van der Waals surface area contributed by atoms with Crippen LogP contribution in [0.1, 0.15) is 28.8 Å². The zero-order valence-corrected chi connectivity index (χ0v) is 15.9. The van der Waals surface area contributed by atoms with E-state index in [1.807, 2.05) is 24.3 Å². The number of ether oxygens (including phenoxy) is 3. The third kappa shape index (κ3) is 3.40. The van der Waals surface area contributed by atoms with E-state index in [-0.39, 0.29) is 11.7 Å². The molecular formula is C23H25NO4. The molecule has 3 aliphatic rings. The molecule has 2 saturated heterocycles. The molecular weight excluding hydrogens is 354 g/mol. The van der Waals surface area contributed by atoms with Crippen molar-refractivity contribution in [2.45, 2.75) is 31.5 Å². The summed E-state index contributed by atoms with van der Waals surface area (Å²) in [5.74, 6) is 1.66. The van der Waals surface area contributed by atoms with Gasteiger partial charge in [-0.1, -0.05) is 30.3 Å². The fourth-order valence-corrected chi connectivity index (χ4v) is 4.69. The largest absolute Gasteiger partial charge is 0.486 e. The van der Waals surface area contributed by atoms with Gasteiger partial charge in [-0.05, 0) is 36.6 Å². The zero-order chi connectivity index (χ0) is 18.9. The molecule has 5 nitrogen and oxygen atoms in total. The van der Waals surface area contributed by atoms with Crippen LogP contribution in [0.15, 0.2) is 48.5 Å². The number of piperidine rings is 1. The van der Waals surface area contributed by atoms with E-state index in [0.29, 0.717) is 44.3 Å². The highest BCUT2D eigenvalue weighted by molar-refractivity contribution is 5.98. The molecule has 146 valence electrons. The van der Waals surface area contributed by atoms with E-state index in [0.717, 1.165) is 30.7 Å². The smallest absolute Gasteiger partial charge is 0.166 e. The summed E-state index contributed by atoms with van der Waals surface area (Å²) in [7, 11) is 0. The standard InChI is InChI=1S/C23H25NO4/c25-23(17-6-7-21-22(12-17)28-9-8-27-21)18-10-19-14-26-15-20(11-18)24(19)13-16-4-2-1-3-5-16/h1-7,12,18-20H,8-11,13-15H2. The summed E-state index contributed by atoms with van der Waals surface area (Å²) in [6, 6.07) is 16.7. The van der Waals surface area contributed by atoms with Crippen molar-refractivity contribution in [3.05, 3.63) is 59.7 Å². The van der Waals surface area contributed by atoms with E-state index in [1.54, 1.807) is 0 Å². The first-order valence-electron chi connectivity index (χ1n) is 10.1. The van der Waals surface area contributed by atoms with Crippen LogP contribution >= 0.6 is 0 Å². The normalized spacial score (nSPS) is 26.6. The van der Waals surface area contributed by atoms with Crippen molar-refractivity contribution >= 4 is 5.78 Å². The van der Waals surface area contributed by atoms with Crippen LogP contribution in [0.2, 0.25) is 0 Å². The average Bonchev–Trinajstić information content (AvgIpc) is 2.73. The lowest BCUT2D eigenvalue weighted by molar-refractivity contribution is -0.0872. The minimum Gasteiger partial charge on any atom is -0.486 e. The van der Waals surface area contributed by atoms with Crippen LogP contribution in [-0.4, -0.2) is 49.2 Å². The lowest BCUT2D eigenvalue weighted by Crippen LogP contribution is -2.57. The monoisotopic (exact) mass is 379 g/mol. The van der Waals surface area contributed by atoms with Crippen molar-refractivity contribution < 1.29 is 19.0 Å². The van der Waals surface area contributed by atoms with Gasteiger partial charge in [-0.3, -0.25) is 9.69 Å². The van der Waals surface area contributed by atoms with Crippen LogP contribution in [0, 0.1) is 5.92 Å². The highest BCUT2D eigenvalue weighted by atomic mass is 16.6. The van der Waals surface area contributed by atoms with E-state index >= 15 is 0 Å². The number of morpholine rings is 1. The first-order chi connectivity index (χ1) is 13.8. The summed E-state index contributed by atoms with van der Waals surface area (Å²) in [6.45, 7) is 3.42. The molecule has 2 bridgehead atoms. The maximum Gasteiger partial charge on any atom is 0.166 e. The molecule has 0 amide bonds. The Bertz CT molecular complexity index is 839. The average molecular weight is 379 g/mol. The van der Waals surface area contributed by atoms with Crippen molar-refractivity contribution in [2.24, 2.45) is 5.92 Å². The highest BCUT2D eigenvalue weighted by Gasteiger charge is 2.41. The number of benzene rings is 2. The lowest BCUT2D eigenvalue weighted by atomic mass is 9.80. The van der Waals surface area contributed by atoms with Gasteiger partial charge in [0, 0.05) is 30.1 Å². The Hall–Kier alpha value is -2.37. The number of Topliss-reactive ketones (excluding diaryl/α,β-unsaturated/α-hetero) is 1. The molecule has 2 aromatic carbocycles.